The molecule has 1 amide bonds. The minimum Gasteiger partial charge on any atom is -0.389 e. The molecule has 0 radical (unpaired) electrons. The van der Waals surface area contributed by atoms with Crippen molar-refractivity contribution in [3.05, 3.63) is 42.5 Å². The first-order chi connectivity index (χ1) is 8.74. The molecular formula is C12H12N4O2. The molecule has 0 aliphatic carbocycles. The first-order valence-corrected chi connectivity index (χ1v) is 5.66. The van der Waals surface area contributed by atoms with Crippen LogP contribution in [0.2, 0.25) is 0 Å². The number of aliphatic hydroxyl groups excluding tert-OH is 1. The van der Waals surface area contributed by atoms with Gasteiger partial charge in [0.05, 0.1) is 11.8 Å². The standard InChI is InChI=1S/C12H12N4O2/c17-11-5-15(6-11)12(18)9-1-3-10(4-2-9)16-8-13-7-14-16/h1-4,7-8,11,17H,5-6H2. The van der Waals surface area contributed by atoms with E-state index in [0.29, 0.717) is 18.7 Å². The topological polar surface area (TPSA) is 71.2 Å². The van der Waals surface area contributed by atoms with Gasteiger partial charge in [-0.3, -0.25) is 4.79 Å². The average Bonchev–Trinajstić information content (AvgIpc) is 2.88. The molecular weight excluding hydrogens is 232 g/mol. The molecule has 1 saturated heterocycles. The molecule has 0 saturated carbocycles. The average molecular weight is 244 g/mol. The number of aliphatic hydroxyl groups is 1. The normalized spacial score (nSPS) is 15.5. The van der Waals surface area contributed by atoms with E-state index in [0.717, 1.165) is 5.69 Å². The van der Waals surface area contributed by atoms with Crippen LogP contribution in [0.5, 0.6) is 0 Å². The zero-order valence-corrected chi connectivity index (χ0v) is 9.60. The van der Waals surface area contributed by atoms with Crippen LogP contribution >= 0.6 is 0 Å². The van der Waals surface area contributed by atoms with E-state index in [4.69, 9.17) is 0 Å². The van der Waals surface area contributed by atoms with Gasteiger partial charge in [0.2, 0.25) is 0 Å². The lowest BCUT2D eigenvalue weighted by atomic mass is 10.1. The number of likely N-dealkylation sites (tertiary alicyclic amines) is 1. The van der Waals surface area contributed by atoms with Crippen LogP contribution < -0.4 is 0 Å². The number of hydrogen-bond acceptors (Lipinski definition) is 4. The van der Waals surface area contributed by atoms with Gasteiger partial charge in [-0.15, -0.1) is 0 Å². The van der Waals surface area contributed by atoms with Crippen LogP contribution in [0, 0.1) is 0 Å². The molecule has 6 heteroatoms. The summed E-state index contributed by atoms with van der Waals surface area (Å²) in [6.07, 6.45) is 2.69. The maximum absolute atomic E-state index is 12.0. The number of carbonyl (C=O) groups is 1. The van der Waals surface area contributed by atoms with Gasteiger partial charge in [0.1, 0.15) is 12.7 Å². The molecule has 1 aliphatic heterocycles. The highest BCUT2D eigenvalue weighted by Crippen LogP contribution is 2.14. The number of benzene rings is 1. The van der Waals surface area contributed by atoms with Crippen molar-refractivity contribution in [1.82, 2.24) is 19.7 Å². The number of hydrogen-bond donors (Lipinski definition) is 1. The van der Waals surface area contributed by atoms with Gasteiger partial charge < -0.3 is 10.0 Å². The fourth-order valence-electron chi connectivity index (χ4n) is 1.90. The summed E-state index contributed by atoms with van der Waals surface area (Å²) in [5.74, 6) is -0.0505. The lowest BCUT2D eigenvalue weighted by Crippen LogP contribution is -2.53. The van der Waals surface area contributed by atoms with Crippen LogP contribution in [0.1, 0.15) is 10.4 Å². The van der Waals surface area contributed by atoms with Crippen molar-refractivity contribution in [1.29, 1.82) is 0 Å². The van der Waals surface area contributed by atoms with E-state index in [-0.39, 0.29) is 12.0 Å². The van der Waals surface area contributed by atoms with Crippen LogP contribution in [0.4, 0.5) is 0 Å². The largest absolute Gasteiger partial charge is 0.389 e. The Hall–Kier alpha value is -2.21. The Morgan fingerprint density at radius 3 is 2.56 bits per heavy atom. The molecule has 2 heterocycles. The molecule has 0 atom stereocenters. The first-order valence-electron chi connectivity index (χ1n) is 5.66. The minimum atomic E-state index is -0.372. The first kappa shape index (κ1) is 10.9. The molecule has 0 unspecified atom stereocenters. The molecule has 1 N–H and O–H groups in total. The molecule has 2 aromatic rings. The third-order valence-electron chi connectivity index (χ3n) is 2.95. The number of nitrogens with zero attached hydrogens (tertiary/aromatic N) is 4. The molecule has 1 aromatic heterocycles. The fourth-order valence-corrected chi connectivity index (χ4v) is 1.90. The Bertz CT molecular complexity index is 544. The highest BCUT2D eigenvalue weighted by Gasteiger charge is 2.29. The number of β-amino-alcohol motifs (C(OH)–C–C–N with tert-alkyl or cyclic N) is 1. The summed E-state index contributed by atoms with van der Waals surface area (Å²) in [5.41, 5.74) is 1.47. The molecule has 6 nitrogen and oxygen atoms in total. The van der Waals surface area contributed by atoms with Crippen molar-refractivity contribution in [3.8, 4) is 5.69 Å². The summed E-state index contributed by atoms with van der Waals surface area (Å²) >= 11 is 0. The van der Waals surface area contributed by atoms with Gasteiger partial charge >= 0.3 is 0 Å². The zero-order valence-electron chi connectivity index (χ0n) is 9.60. The summed E-state index contributed by atoms with van der Waals surface area (Å²) in [6.45, 7) is 0.841. The van der Waals surface area contributed by atoms with E-state index in [1.54, 1.807) is 28.0 Å². The summed E-state index contributed by atoms with van der Waals surface area (Å²) in [7, 11) is 0. The predicted molar refractivity (Wildman–Crippen MR) is 63.3 cm³/mol. The van der Waals surface area contributed by atoms with Gasteiger partial charge in [0.25, 0.3) is 5.91 Å². The number of rotatable bonds is 2. The van der Waals surface area contributed by atoms with Gasteiger partial charge in [-0.05, 0) is 24.3 Å². The molecule has 1 aromatic carbocycles. The third kappa shape index (κ3) is 1.86. The van der Waals surface area contributed by atoms with Crippen molar-refractivity contribution >= 4 is 5.91 Å². The molecule has 18 heavy (non-hydrogen) atoms. The van der Waals surface area contributed by atoms with Crippen molar-refractivity contribution in [2.24, 2.45) is 0 Å². The smallest absolute Gasteiger partial charge is 0.254 e. The van der Waals surface area contributed by atoms with Crippen molar-refractivity contribution in [2.45, 2.75) is 6.10 Å². The van der Waals surface area contributed by atoms with E-state index in [1.165, 1.54) is 6.33 Å². The molecule has 92 valence electrons. The minimum absolute atomic E-state index is 0.0505. The second-order valence-corrected chi connectivity index (χ2v) is 4.25. The zero-order chi connectivity index (χ0) is 12.5. The van der Waals surface area contributed by atoms with E-state index < -0.39 is 0 Å². The summed E-state index contributed by atoms with van der Waals surface area (Å²) in [5, 5.41) is 13.2. The Labute approximate surface area is 103 Å². The number of carbonyl (C=O) groups excluding carboxylic acids is 1. The van der Waals surface area contributed by atoms with Gasteiger partial charge in [0.15, 0.2) is 0 Å². The summed E-state index contributed by atoms with van der Waals surface area (Å²) < 4.78 is 1.63. The Kier molecular flexibility index (Phi) is 2.56. The van der Waals surface area contributed by atoms with Gasteiger partial charge in [0, 0.05) is 18.7 Å². The molecule has 0 bridgehead atoms. The Morgan fingerprint density at radius 1 is 1.28 bits per heavy atom. The Morgan fingerprint density at radius 2 is 2.00 bits per heavy atom. The van der Waals surface area contributed by atoms with Crippen molar-refractivity contribution in [3.63, 3.8) is 0 Å². The van der Waals surface area contributed by atoms with Gasteiger partial charge in [-0.25, -0.2) is 9.67 Å². The summed E-state index contributed by atoms with van der Waals surface area (Å²) in [4.78, 5) is 17.4. The predicted octanol–water partition coefficient (Wildman–Crippen LogP) is 0.0840. The molecule has 1 aliphatic rings. The lowest BCUT2D eigenvalue weighted by molar-refractivity contribution is 0.00589. The van der Waals surface area contributed by atoms with E-state index >= 15 is 0 Å². The maximum Gasteiger partial charge on any atom is 0.254 e. The molecule has 1 fully saturated rings. The SMILES string of the molecule is O=C(c1ccc(-n2cncn2)cc1)N1CC(O)C1. The van der Waals surface area contributed by atoms with Gasteiger partial charge in [-0.1, -0.05) is 0 Å². The lowest BCUT2D eigenvalue weighted by Gasteiger charge is -2.35. The Balaban J connectivity index is 1.77. The van der Waals surface area contributed by atoms with E-state index in [1.807, 2.05) is 12.1 Å². The van der Waals surface area contributed by atoms with Crippen LogP contribution in [-0.4, -0.2) is 49.9 Å². The maximum atomic E-state index is 12.0. The highest BCUT2D eigenvalue weighted by molar-refractivity contribution is 5.94. The monoisotopic (exact) mass is 244 g/mol. The highest BCUT2D eigenvalue weighted by atomic mass is 16.3. The quantitative estimate of drug-likeness (QED) is 0.812. The number of amides is 1. The van der Waals surface area contributed by atoms with Crippen molar-refractivity contribution < 1.29 is 9.90 Å². The van der Waals surface area contributed by atoms with Crippen LogP contribution in [0.15, 0.2) is 36.9 Å². The summed E-state index contributed by atoms with van der Waals surface area (Å²) in [6, 6.07) is 7.14. The van der Waals surface area contributed by atoms with E-state index in [9.17, 15) is 9.90 Å². The van der Waals surface area contributed by atoms with Crippen LogP contribution in [0.25, 0.3) is 5.69 Å². The fraction of sp³-hybridized carbons (Fsp3) is 0.250. The molecule has 0 spiro atoms. The molecule has 3 rings (SSSR count). The van der Waals surface area contributed by atoms with Crippen LogP contribution in [0.3, 0.4) is 0 Å². The second-order valence-electron chi connectivity index (χ2n) is 4.25. The van der Waals surface area contributed by atoms with E-state index in [2.05, 4.69) is 10.1 Å². The van der Waals surface area contributed by atoms with Crippen molar-refractivity contribution in [2.75, 3.05) is 13.1 Å². The van der Waals surface area contributed by atoms with Crippen LogP contribution in [-0.2, 0) is 0 Å². The number of aromatic nitrogens is 3. The van der Waals surface area contributed by atoms with Gasteiger partial charge in [-0.2, -0.15) is 5.10 Å². The second kappa shape index (κ2) is 4.23. The third-order valence-corrected chi connectivity index (χ3v) is 2.95.